The normalized spacial score (nSPS) is 16.3. The Balaban J connectivity index is 1.73. The Morgan fingerprint density at radius 2 is 1.92 bits per heavy atom. The van der Waals surface area contributed by atoms with Crippen LogP contribution in [0.3, 0.4) is 0 Å². The van der Waals surface area contributed by atoms with E-state index in [2.05, 4.69) is 32.8 Å². The van der Waals surface area contributed by atoms with Crippen molar-refractivity contribution in [3.63, 3.8) is 0 Å². The van der Waals surface area contributed by atoms with E-state index in [-0.39, 0.29) is 17.8 Å². The summed E-state index contributed by atoms with van der Waals surface area (Å²) in [7, 11) is 0. The number of nitrogens with one attached hydrogen (secondary N) is 1. The largest absolute Gasteiger partial charge is 0.379 e. The molecule has 4 nitrogen and oxygen atoms in total. The zero-order chi connectivity index (χ0) is 18.5. The molecule has 26 heavy (non-hydrogen) atoms. The quantitative estimate of drug-likeness (QED) is 0.650. The molecule has 0 aliphatic carbocycles. The molecule has 2 aromatic rings. The van der Waals surface area contributed by atoms with Gasteiger partial charge in [-0.3, -0.25) is 9.69 Å². The van der Waals surface area contributed by atoms with Crippen LogP contribution in [0.25, 0.3) is 0 Å². The van der Waals surface area contributed by atoms with Crippen molar-refractivity contribution < 1.29 is 13.9 Å². The van der Waals surface area contributed by atoms with Crippen LogP contribution in [0.5, 0.6) is 0 Å². The average Bonchev–Trinajstić information content (AvgIpc) is 2.66. The molecule has 1 aliphatic heterocycles. The van der Waals surface area contributed by atoms with E-state index in [1.54, 1.807) is 30.3 Å². The number of rotatable bonds is 5. The summed E-state index contributed by atoms with van der Waals surface area (Å²) in [6, 6.07) is 11.6. The van der Waals surface area contributed by atoms with Crippen LogP contribution >= 0.6 is 34.2 Å². The average molecular weight is 489 g/mol. The number of halogens is 3. The summed E-state index contributed by atoms with van der Waals surface area (Å²) in [5.74, 6) is -0.422. The Kier molecular flexibility index (Phi) is 6.86. The van der Waals surface area contributed by atoms with Crippen molar-refractivity contribution in [3.05, 3.63) is 68.0 Å². The molecule has 1 aliphatic rings. The Hall–Kier alpha value is -1.22. The van der Waals surface area contributed by atoms with E-state index >= 15 is 0 Å². The third-order valence-corrected chi connectivity index (χ3v) is 5.92. The van der Waals surface area contributed by atoms with E-state index in [1.165, 1.54) is 12.1 Å². The van der Waals surface area contributed by atoms with Gasteiger partial charge in [-0.05, 0) is 58.5 Å². The Morgan fingerprint density at radius 1 is 1.23 bits per heavy atom. The molecule has 1 N–H and O–H groups in total. The van der Waals surface area contributed by atoms with Crippen LogP contribution in [-0.4, -0.2) is 43.7 Å². The lowest BCUT2D eigenvalue weighted by molar-refractivity contribution is 0.0162. The summed E-state index contributed by atoms with van der Waals surface area (Å²) in [6.45, 7) is 3.29. The zero-order valence-electron chi connectivity index (χ0n) is 14.1. The first-order valence-corrected chi connectivity index (χ1v) is 9.81. The fourth-order valence-corrected chi connectivity index (χ4v) is 3.59. The predicted molar refractivity (Wildman–Crippen MR) is 108 cm³/mol. The fraction of sp³-hybridized carbons (Fsp3) is 0.316. The first kappa shape index (κ1) is 19.5. The van der Waals surface area contributed by atoms with Gasteiger partial charge in [0.05, 0.1) is 24.3 Å². The number of benzene rings is 2. The van der Waals surface area contributed by atoms with Gasteiger partial charge >= 0.3 is 0 Å². The molecule has 1 heterocycles. The van der Waals surface area contributed by atoms with E-state index in [0.717, 1.165) is 22.2 Å². The highest BCUT2D eigenvalue weighted by Crippen LogP contribution is 2.23. The summed E-state index contributed by atoms with van der Waals surface area (Å²) in [4.78, 5) is 14.8. The smallest absolute Gasteiger partial charge is 0.251 e. The van der Waals surface area contributed by atoms with Crippen LogP contribution < -0.4 is 5.32 Å². The van der Waals surface area contributed by atoms with Gasteiger partial charge in [0.15, 0.2) is 0 Å². The lowest BCUT2D eigenvalue weighted by Gasteiger charge is -2.35. The highest BCUT2D eigenvalue weighted by atomic mass is 127. The number of morpholine rings is 1. The molecular weight excluding hydrogens is 470 g/mol. The van der Waals surface area contributed by atoms with Gasteiger partial charge in [0.25, 0.3) is 5.91 Å². The minimum absolute atomic E-state index is 0.0326. The molecule has 0 saturated carbocycles. The number of carbonyl (C=O) groups is 1. The molecule has 0 radical (unpaired) electrons. The summed E-state index contributed by atoms with van der Waals surface area (Å²) in [6.07, 6.45) is 0. The Morgan fingerprint density at radius 3 is 2.58 bits per heavy atom. The molecule has 138 valence electrons. The third kappa shape index (κ3) is 4.94. The maximum absolute atomic E-state index is 13.3. The number of hydrogen-bond donors (Lipinski definition) is 1. The van der Waals surface area contributed by atoms with Crippen LogP contribution in [0, 0.1) is 9.39 Å². The first-order chi connectivity index (χ1) is 12.5. The molecule has 2 aromatic carbocycles. The van der Waals surface area contributed by atoms with Crippen LogP contribution in [0.4, 0.5) is 4.39 Å². The maximum Gasteiger partial charge on any atom is 0.251 e. The van der Waals surface area contributed by atoms with Gasteiger partial charge in [0.2, 0.25) is 0 Å². The zero-order valence-corrected chi connectivity index (χ0v) is 17.0. The number of amides is 1. The van der Waals surface area contributed by atoms with Gasteiger partial charge in [-0.15, -0.1) is 0 Å². The van der Waals surface area contributed by atoms with Crippen molar-refractivity contribution in [3.8, 4) is 0 Å². The minimum Gasteiger partial charge on any atom is -0.379 e. The summed E-state index contributed by atoms with van der Waals surface area (Å²) in [5.41, 5.74) is 1.54. The van der Waals surface area contributed by atoms with Gasteiger partial charge in [0.1, 0.15) is 5.82 Å². The highest BCUT2D eigenvalue weighted by molar-refractivity contribution is 14.1. The molecule has 7 heteroatoms. The van der Waals surface area contributed by atoms with Crippen molar-refractivity contribution in [1.29, 1.82) is 0 Å². The molecule has 1 amide bonds. The second-order valence-corrected chi connectivity index (χ2v) is 7.62. The van der Waals surface area contributed by atoms with Gasteiger partial charge in [-0.25, -0.2) is 4.39 Å². The minimum atomic E-state index is -0.269. The van der Waals surface area contributed by atoms with Crippen molar-refractivity contribution >= 4 is 40.1 Å². The monoisotopic (exact) mass is 488 g/mol. The molecule has 0 spiro atoms. The molecule has 1 saturated heterocycles. The molecule has 0 aromatic heterocycles. The van der Waals surface area contributed by atoms with Crippen molar-refractivity contribution in [2.24, 2.45) is 0 Å². The van der Waals surface area contributed by atoms with E-state index in [9.17, 15) is 9.18 Å². The van der Waals surface area contributed by atoms with Crippen molar-refractivity contribution in [1.82, 2.24) is 10.2 Å². The SMILES string of the molecule is O=C(NCC(c1ccc(F)cc1)N1CCOCC1)c1ccc(Cl)c(I)c1. The van der Waals surface area contributed by atoms with Gasteiger partial charge in [0, 0.05) is 28.8 Å². The van der Waals surface area contributed by atoms with Gasteiger partial charge in [-0.2, -0.15) is 0 Å². The summed E-state index contributed by atoms with van der Waals surface area (Å²) in [5, 5.41) is 3.62. The van der Waals surface area contributed by atoms with Crippen LogP contribution in [0.15, 0.2) is 42.5 Å². The van der Waals surface area contributed by atoms with E-state index in [0.29, 0.717) is 30.3 Å². The first-order valence-electron chi connectivity index (χ1n) is 8.35. The number of nitrogens with zero attached hydrogens (tertiary/aromatic N) is 1. The third-order valence-electron chi connectivity index (χ3n) is 4.38. The van der Waals surface area contributed by atoms with Crippen LogP contribution in [0.1, 0.15) is 22.0 Å². The van der Waals surface area contributed by atoms with Crippen LogP contribution in [-0.2, 0) is 4.74 Å². The molecule has 0 bridgehead atoms. The molecule has 1 fully saturated rings. The Labute approximate surface area is 170 Å². The van der Waals surface area contributed by atoms with E-state index < -0.39 is 0 Å². The number of ether oxygens (including phenoxy) is 1. The standard InChI is InChI=1S/C19H19ClFIN2O2/c20-16-6-3-14(11-17(16)22)19(25)23-12-18(24-7-9-26-10-8-24)13-1-4-15(21)5-2-13/h1-6,11,18H,7-10,12H2,(H,23,25). The Bertz CT molecular complexity index is 767. The second kappa shape index (κ2) is 9.12. The lowest BCUT2D eigenvalue weighted by Crippen LogP contribution is -2.43. The maximum atomic E-state index is 13.3. The highest BCUT2D eigenvalue weighted by Gasteiger charge is 2.23. The summed E-state index contributed by atoms with van der Waals surface area (Å²) >= 11 is 8.12. The van der Waals surface area contributed by atoms with Crippen LogP contribution in [0.2, 0.25) is 5.02 Å². The molecule has 1 atom stereocenters. The fourth-order valence-electron chi connectivity index (χ4n) is 2.96. The van der Waals surface area contributed by atoms with Gasteiger partial charge < -0.3 is 10.1 Å². The predicted octanol–water partition coefficient (Wildman–Crippen LogP) is 3.89. The second-order valence-electron chi connectivity index (χ2n) is 6.05. The van der Waals surface area contributed by atoms with Gasteiger partial charge in [-0.1, -0.05) is 23.7 Å². The van der Waals surface area contributed by atoms with E-state index in [1.807, 2.05) is 0 Å². The topological polar surface area (TPSA) is 41.6 Å². The molecular formula is C19H19ClFIN2O2. The molecule has 3 rings (SSSR count). The van der Waals surface area contributed by atoms with Crippen molar-refractivity contribution in [2.75, 3.05) is 32.8 Å². The number of carbonyl (C=O) groups excluding carboxylic acids is 1. The van der Waals surface area contributed by atoms with E-state index in [4.69, 9.17) is 16.3 Å². The van der Waals surface area contributed by atoms with Crippen molar-refractivity contribution in [2.45, 2.75) is 6.04 Å². The molecule has 1 unspecified atom stereocenters. The lowest BCUT2D eigenvalue weighted by atomic mass is 10.0. The number of hydrogen-bond acceptors (Lipinski definition) is 3. The summed E-state index contributed by atoms with van der Waals surface area (Å²) < 4.78 is 19.5.